The van der Waals surface area contributed by atoms with Crippen molar-refractivity contribution in [3.05, 3.63) is 121 Å². The van der Waals surface area contributed by atoms with Crippen molar-refractivity contribution >= 4 is 37.9 Å². The summed E-state index contributed by atoms with van der Waals surface area (Å²) in [6.45, 7) is 0. The molecule has 4 aromatic rings. The minimum absolute atomic E-state index is 0. The second-order valence-electron chi connectivity index (χ2n) is 6.83. The van der Waals surface area contributed by atoms with Crippen LogP contribution in [0, 0.1) is 0 Å². The van der Waals surface area contributed by atoms with Crippen LogP contribution in [0.1, 0.15) is 0 Å². The first-order valence-electron chi connectivity index (χ1n) is 9.48. The molecule has 0 bridgehead atoms. The topological polar surface area (TPSA) is 52.5 Å². The molecule has 4 rings (SSSR count). The standard InChI is InChI=1S/C24H21O3Si2.Li/c25-28(21-13-5-1-6-14-21,22-15-7-2-8-16-22)27-29(26,23-17-9-3-10-18-23)24-19-11-4-12-20-24;/h1-20,25H;/q-1;+1. The summed E-state index contributed by atoms with van der Waals surface area (Å²) in [5.74, 6) is 0. The Morgan fingerprint density at radius 1 is 0.500 bits per heavy atom. The van der Waals surface area contributed by atoms with Gasteiger partial charge in [-0.25, -0.2) is 0 Å². The van der Waals surface area contributed by atoms with E-state index in [2.05, 4.69) is 0 Å². The van der Waals surface area contributed by atoms with Crippen molar-refractivity contribution in [2.45, 2.75) is 0 Å². The molecular formula is C24H21LiO3Si2. The van der Waals surface area contributed by atoms with E-state index < -0.39 is 17.1 Å². The van der Waals surface area contributed by atoms with E-state index in [4.69, 9.17) is 4.12 Å². The zero-order valence-electron chi connectivity index (χ0n) is 16.8. The number of hydrogen-bond acceptors (Lipinski definition) is 3. The van der Waals surface area contributed by atoms with Gasteiger partial charge in [0, 0.05) is 0 Å². The van der Waals surface area contributed by atoms with E-state index in [0.29, 0.717) is 20.7 Å². The van der Waals surface area contributed by atoms with Crippen molar-refractivity contribution in [2.75, 3.05) is 0 Å². The molecule has 0 aliphatic carbocycles. The fraction of sp³-hybridized carbons (Fsp3) is 0. The van der Waals surface area contributed by atoms with E-state index in [1.807, 2.05) is 97.1 Å². The molecule has 0 spiro atoms. The molecular weight excluding hydrogens is 399 g/mol. The Labute approximate surface area is 191 Å². The van der Waals surface area contributed by atoms with Crippen molar-refractivity contribution in [2.24, 2.45) is 0 Å². The third-order valence-corrected chi connectivity index (χ3v) is 11.7. The summed E-state index contributed by atoms with van der Waals surface area (Å²) < 4.78 is 6.45. The van der Waals surface area contributed by atoms with Crippen molar-refractivity contribution in [1.29, 1.82) is 0 Å². The fourth-order valence-corrected chi connectivity index (χ4v) is 10.2. The molecule has 0 aromatic heterocycles. The maximum atomic E-state index is 14.5. The van der Waals surface area contributed by atoms with E-state index >= 15 is 0 Å². The van der Waals surface area contributed by atoms with Crippen LogP contribution in [0.5, 0.6) is 0 Å². The molecule has 0 saturated carbocycles. The average molecular weight is 421 g/mol. The normalized spacial score (nSPS) is 11.5. The molecule has 6 heteroatoms. The van der Waals surface area contributed by atoms with Crippen LogP contribution in [0.15, 0.2) is 121 Å². The van der Waals surface area contributed by atoms with E-state index in [0.717, 1.165) is 0 Å². The summed E-state index contributed by atoms with van der Waals surface area (Å²) in [5, 5.41) is 2.49. The van der Waals surface area contributed by atoms with Crippen LogP contribution >= 0.6 is 0 Å². The van der Waals surface area contributed by atoms with Crippen LogP contribution in [0.3, 0.4) is 0 Å². The Hall–Kier alpha value is -2.21. The van der Waals surface area contributed by atoms with E-state index in [9.17, 15) is 9.59 Å². The number of hydrogen-bond donors (Lipinski definition) is 1. The SMILES string of the molecule is [Li+].[O-][Si](O[Si](O)(c1ccccc1)c1ccccc1)(c1ccccc1)c1ccccc1. The largest absolute Gasteiger partial charge is 1.00 e. The summed E-state index contributed by atoms with van der Waals surface area (Å²) in [4.78, 5) is 26.4. The van der Waals surface area contributed by atoms with Crippen LogP contribution in [-0.2, 0) is 4.12 Å². The quantitative estimate of drug-likeness (QED) is 0.363. The third-order valence-electron chi connectivity index (χ3n) is 4.93. The summed E-state index contributed by atoms with van der Waals surface area (Å²) in [6, 6.07) is 36.9. The van der Waals surface area contributed by atoms with Gasteiger partial charge in [-0.2, -0.15) is 0 Å². The first kappa shape index (κ1) is 22.5. The maximum Gasteiger partial charge on any atom is 1.00 e. The Kier molecular flexibility index (Phi) is 7.29. The minimum atomic E-state index is -3.94. The van der Waals surface area contributed by atoms with Crippen LogP contribution in [0.2, 0.25) is 0 Å². The molecule has 0 unspecified atom stereocenters. The monoisotopic (exact) mass is 420 g/mol. The van der Waals surface area contributed by atoms with Gasteiger partial charge < -0.3 is 13.7 Å². The van der Waals surface area contributed by atoms with E-state index in [1.54, 1.807) is 24.3 Å². The molecule has 4 aromatic carbocycles. The molecule has 30 heavy (non-hydrogen) atoms. The summed E-state index contributed by atoms with van der Waals surface area (Å²) in [7, 11) is -7.69. The van der Waals surface area contributed by atoms with Crippen molar-refractivity contribution < 1.29 is 32.6 Å². The maximum absolute atomic E-state index is 14.5. The Bertz CT molecular complexity index is 883. The Morgan fingerprint density at radius 3 is 1.07 bits per heavy atom. The van der Waals surface area contributed by atoms with Gasteiger partial charge in [-0.1, -0.05) is 121 Å². The zero-order valence-corrected chi connectivity index (χ0v) is 18.8. The summed E-state index contributed by atoms with van der Waals surface area (Å²) in [5.41, 5.74) is 0. The molecule has 1 N–H and O–H groups in total. The molecule has 0 atom stereocenters. The van der Waals surface area contributed by atoms with E-state index in [-0.39, 0.29) is 18.9 Å². The predicted molar refractivity (Wildman–Crippen MR) is 119 cm³/mol. The summed E-state index contributed by atoms with van der Waals surface area (Å²) >= 11 is 0. The summed E-state index contributed by atoms with van der Waals surface area (Å²) in [6.07, 6.45) is 0. The molecule has 0 radical (unpaired) electrons. The molecule has 0 amide bonds. The van der Waals surface area contributed by atoms with Gasteiger partial charge in [0.2, 0.25) is 0 Å². The Morgan fingerprint density at radius 2 is 0.767 bits per heavy atom. The van der Waals surface area contributed by atoms with Gasteiger partial charge in [-0.3, -0.25) is 0 Å². The van der Waals surface area contributed by atoms with Crippen LogP contribution < -0.4 is 44.4 Å². The van der Waals surface area contributed by atoms with Gasteiger partial charge in [0.1, 0.15) is 0 Å². The van der Waals surface area contributed by atoms with Crippen molar-refractivity contribution in [3.63, 3.8) is 0 Å². The van der Waals surface area contributed by atoms with Gasteiger partial charge in [-0.15, -0.1) is 0 Å². The predicted octanol–water partition coefficient (Wildman–Crippen LogP) is -2.13. The van der Waals surface area contributed by atoms with Gasteiger partial charge in [0.25, 0.3) is 0 Å². The minimum Gasteiger partial charge on any atom is -0.832 e. The second kappa shape index (κ2) is 9.73. The van der Waals surface area contributed by atoms with Gasteiger partial charge >= 0.3 is 27.4 Å². The molecule has 0 aliphatic heterocycles. The van der Waals surface area contributed by atoms with Crippen molar-refractivity contribution in [3.8, 4) is 0 Å². The molecule has 3 nitrogen and oxygen atoms in total. The van der Waals surface area contributed by atoms with Gasteiger partial charge in [0.05, 0.1) is 0 Å². The average Bonchev–Trinajstić information content (AvgIpc) is 2.81. The van der Waals surface area contributed by atoms with Crippen LogP contribution in [0.25, 0.3) is 0 Å². The molecule has 0 aliphatic rings. The Balaban J connectivity index is 0.00000256. The van der Waals surface area contributed by atoms with E-state index in [1.165, 1.54) is 0 Å². The molecule has 0 fully saturated rings. The molecule has 0 saturated heterocycles. The second-order valence-corrected chi connectivity index (χ2v) is 12.5. The smallest absolute Gasteiger partial charge is 0.832 e. The molecule has 144 valence electrons. The van der Waals surface area contributed by atoms with Crippen molar-refractivity contribution in [1.82, 2.24) is 0 Å². The first-order valence-corrected chi connectivity index (χ1v) is 13.2. The van der Waals surface area contributed by atoms with Gasteiger partial charge in [-0.05, 0) is 20.7 Å². The first-order chi connectivity index (χ1) is 14.1. The van der Waals surface area contributed by atoms with Gasteiger partial charge in [0.15, 0.2) is 8.56 Å². The van der Waals surface area contributed by atoms with Crippen LogP contribution in [-0.4, -0.2) is 21.9 Å². The van der Waals surface area contributed by atoms with Crippen LogP contribution in [0.4, 0.5) is 0 Å². The number of benzene rings is 4. The fourth-order valence-electron chi connectivity index (χ4n) is 3.42. The molecule has 0 heterocycles. The number of rotatable bonds is 6. The zero-order chi connectivity index (χ0) is 20.2. The third kappa shape index (κ3) is 4.43.